The topological polar surface area (TPSA) is 50.2 Å². The Balaban J connectivity index is 3.34. The van der Waals surface area contributed by atoms with Crippen LogP contribution in [0.2, 0.25) is 0 Å². The molecule has 3 heteroatoms. The fourth-order valence-electron chi connectivity index (χ4n) is 1.51. The lowest BCUT2D eigenvalue weighted by molar-refractivity contribution is 0.0694. The van der Waals surface area contributed by atoms with E-state index in [2.05, 4.69) is 25.8 Å². The van der Waals surface area contributed by atoms with Crippen LogP contribution in [0.3, 0.4) is 0 Å². The van der Waals surface area contributed by atoms with Gasteiger partial charge in [0.2, 0.25) is 0 Å². The first kappa shape index (κ1) is 12.7. The highest BCUT2D eigenvalue weighted by Gasteiger charge is 2.20. The van der Waals surface area contributed by atoms with Crippen molar-refractivity contribution >= 4 is 5.97 Å². The largest absolute Gasteiger partial charge is 0.478 e. The Kier molecular flexibility index (Phi) is 3.36. The van der Waals surface area contributed by atoms with Gasteiger partial charge in [-0.1, -0.05) is 34.6 Å². The molecule has 0 saturated heterocycles. The summed E-state index contributed by atoms with van der Waals surface area (Å²) in [6, 6.07) is 3.46. The molecule has 1 N–H and O–H groups in total. The lowest BCUT2D eigenvalue weighted by atomic mass is 9.90. The van der Waals surface area contributed by atoms with Crippen molar-refractivity contribution in [2.75, 3.05) is 0 Å². The maximum atomic E-state index is 11.0. The molecular weight excluding hydrogens is 202 g/mol. The third-order valence-electron chi connectivity index (χ3n) is 2.47. The van der Waals surface area contributed by atoms with Crippen LogP contribution in [0, 0.1) is 0 Å². The maximum Gasteiger partial charge on any atom is 0.337 e. The number of hydrogen-bond donors (Lipinski definition) is 1. The van der Waals surface area contributed by atoms with Crippen LogP contribution in [-0.2, 0) is 5.41 Å². The average molecular weight is 221 g/mol. The van der Waals surface area contributed by atoms with Crippen molar-refractivity contribution in [1.29, 1.82) is 0 Å². The lowest BCUT2D eigenvalue weighted by Crippen LogP contribution is -2.17. The van der Waals surface area contributed by atoms with Crippen molar-refractivity contribution in [2.45, 2.75) is 46.0 Å². The van der Waals surface area contributed by atoms with Gasteiger partial charge in [0.15, 0.2) is 0 Å². The predicted octanol–water partition coefficient (Wildman–Crippen LogP) is 3.20. The third-order valence-corrected chi connectivity index (χ3v) is 2.47. The second kappa shape index (κ2) is 4.24. The predicted molar refractivity (Wildman–Crippen MR) is 64.0 cm³/mol. The molecule has 0 amide bonds. The average Bonchev–Trinajstić information content (AvgIpc) is 2.15. The molecular formula is C13H19NO2. The van der Waals surface area contributed by atoms with E-state index in [1.165, 1.54) is 0 Å². The lowest BCUT2D eigenvalue weighted by Gasteiger charge is -2.20. The summed E-state index contributed by atoms with van der Waals surface area (Å²) in [5, 5.41) is 9.07. The van der Waals surface area contributed by atoms with Gasteiger partial charge in [-0.3, -0.25) is 4.98 Å². The molecule has 16 heavy (non-hydrogen) atoms. The molecule has 0 fully saturated rings. The van der Waals surface area contributed by atoms with E-state index in [0.717, 1.165) is 5.69 Å². The smallest absolute Gasteiger partial charge is 0.337 e. The summed E-state index contributed by atoms with van der Waals surface area (Å²) < 4.78 is 0. The molecule has 0 aromatic carbocycles. The van der Waals surface area contributed by atoms with E-state index in [1.807, 2.05) is 13.8 Å². The zero-order chi connectivity index (χ0) is 12.5. The molecule has 88 valence electrons. The van der Waals surface area contributed by atoms with E-state index in [-0.39, 0.29) is 11.3 Å². The summed E-state index contributed by atoms with van der Waals surface area (Å²) >= 11 is 0. The number of carboxylic acid groups (broad SMARTS) is 1. The molecule has 0 unspecified atom stereocenters. The van der Waals surface area contributed by atoms with Crippen LogP contribution in [0.15, 0.2) is 12.1 Å². The van der Waals surface area contributed by atoms with E-state index in [1.54, 1.807) is 12.1 Å². The van der Waals surface area contributed by atoms with Gasteiger partial charge in [-0.15, -0.1) is 0 Å². The van der Waals surface area contributed by atoms with Crippen molar-refractivity contribution < 1.29 is 9.90 Å². The van der Waals surface area contributed by atoms with Gasteiger partial charge in [0.05, 0.1) is 11.3 Å². The number of hydrogen-bond acceptors (Lipinski definition) is 2. The summed E-state index contributed by atoms with van der Waals surface area (Å²) in [6.45, 7) is 10.1. The van der Waals surface area contributed by atoms with E-state index < -0.39 is 5.97 Å². The summed E-state index contributed by atoms with van der Waals surface area (Å²) in [5.41, 5.74) is 1.85. The van der Waals surface area contributed by atoms with E-state index in [4.69, 9.17) is 5.11 Å². The Bertz CT molecular complexity index is 403. The molecule has 0 aliphatic heterocycles. The van der Waals surface area contributed by atoms with Crippen LogP contribution in [0.1, 0.15) is 62.3 Å². The highest BCUT2D eigenvalue weighted by Crippen LogP contribution is 2.24. The minimum absolute atomic E-state index is 0.0549. The van der Waals surface area contributed by atoms with Gasteiger partial charge in [0.1, 0.15) is 0 Å². The second-order valence-corrected chi connectivity index (χ2v) is 5.34. The number of pyridine rings is 1. The highest BCUT2D eigenvalue weighted by molar-refractivity contribution is 5.89. The molecule has 3 nitrogen and oxygen atoms in total. The Morgan fingerprint density at radius 3 is 2.25 bits per heavy atom. The van der Waals surface area contributed by atoms with E-state index >= 15 is 0 Å². The van der Waals surface area contributed by atoms with Crippen LogP contribution < -0.4 is 0 Å². The van der Waals surface area contributed by atoms with Gasteiger partial charge in [0.25, 0.3) is 0 Å². The second-order valence-electron chi connectivity index (χ2n) is 5.34. The van der Waals surface area contributed by atoms with Crippen LogP contribution in [0.25, 0.3) is 0 Å². The first-order chi connectivity index (χ1) is 7.23. The first-order valence-electron chi connectivity index (χ1n) is 5.48. The van der Waals surface area contributed by atoms with Crippen molar-refractivity contribution in [3.63, 3.8) is 0 Å². The number of aromatic carboxylic acids is 1. The van der Waals surface area contributed by atoms with Crippen LogP contribution >= 0.6 is 0 Å². The van der Waals surface area contributed by atoms with Gasteiger partial charge < -0.3 is 5.11 Å². The third kappa shape index (κ3) is 2.60. The normalized spacial score (nSPS) is 11.9. The Hall–Kier alpha value is -1.38. The quantitative estimate of drug-likeness (QED) is 0.834. The van der Waals surface area contributed by atoms with Crippen molar-refractivity contribution in [2.24, 2.45) is 0 Å². The van der Waals surface area contributed by atoms with E-state index in [0.29, 0.717) is 11.3 Å². The van der Waals surface area contributed by atoms with Crippen LogP contribution in [-0.4, -0.2) is 16.1 Å². The van der Waals surface area contributed by atoms with Crippen molar-refractivity contribution in [1.82, 2.24) is 4.98 Å². The summed E-state index contributed by atoms with van der Waals surface area (Å²) in [7, 11) is 0. The van der Waals surface area contributed by atoms with Gasteiger partial charge >= 0.3 is 5.97 Å². The first-order valence-corrected chi connectivity index (χ1v) is 5.48. The fourth-order valence-corrected chi connectivity index (χ4v) is 1.51. The molecule has 0 atom stereocenters. The molecule has 0 aliphatic carbocycles. The Morgan fingerprint density at radius 1 is 1.31 bits per heavy atom. The Morgan fingerprint density at radius 2 is 1.88 bits per heavy atom. The minimum Gasteiger partial charge on any atom is -0.478 e. The fraction of sp³-hybridized carbons (Fsp3) is 0.538. The molecule has 1 rings (SSSR count). The zero-order valence-corrected chi connectivity index (χ0v) is 10.5. The zero-order valence-electron chi connectivity index (χ0n) is 10.5. The van der Waals surface area contributed by atoms with Crippen LogP contribution in [0.4, 0.5) is 0 Å². The highest BCUT2D eigenvalue weighted by atomic mass is 16.4. The summed E-state index contributed by atoms with van der Waals surface area (Å²) in [6.07, 6.45) is 0. The Labute approximate surface area is 96.5 Å². The number of rotatable bonds is 2. The monoisotopic (exact) mass is 221 g/mol. The number of carbonyl (C=O) groups is 1. The van der Waals surface area contributed by atoms with E-state index in [9.17, 15) is 4.79 Å². The molecule has 1 heterocycles. The standard InChI is InChI=1S/C13H19NO2/c1-8(2)11-9(12(15)16)6-7-10(14-11)13(3,4)5/h6-8H,1-5H3,(H,15,16). The molecule has 0 aliphatic rings. The van der Waals surface area contributed by atoms with Crippen molar-refractivity contribution in [3.8, 4) is 0 Å². The molecule has 1 aromatic rings. The molecule has 0 saturated carbocycles. The summed E-state index contributed by atoms with van der Waals surface area (Å²) in [5.74, 6) is -0.787. The molecule has 0 spiro atoms. The van der Waals surface area contributed by atoms with Crippen LogP contribution in [0.5, 0.6) is 0 Å². The van der Waals surface area contributed by atoms with Gasteiger partial charge in [0, 0.05) is 11.1 Å². The number of nitrogens with zero attached hydrogens (tertiary/aromatic N) is 1. The number of aromatic nitrogens is 1. The summed E-state index contributed by atoms with van der Waals surface area (Å²) in [4.78, 5) is 15.5. The maximum absolute atomic E-state index is 11.0. The van der Waals surface area contributed by atoms with Gasteiger partial charge in [-0.05, 0) is 18.1 Å². The van der Waals surface area contributed by atoms with Crippen molar-refractivity contribution in [3.05, 3.63) is 29.1 Å². The molecule has 1 aromatic heterocycles. The minimum atomic E-state index is -0.906. The van der Waals surface area contributed by atoms with Gasteiger partial charge in [-0.2, -0.15) is 0 Å². The number of carboxylic acids is 1. The SMILES string of the molecule is CC(C)c1nc(C(C)(C)C)ccc1C(=O)O. The molecule has 0 bridgehead atoms. The molecule has 0 radical (unpaired) electrons. The van der Waals surface area contributed by atoms with Gasteiger partial charge in [-0.25, -0.2) is 4.79 Å².